The average molecular weight is 357 g/mol. The molecule has 2 bridgehead atoms. The molecule has 2 heterocycles. The van der Waals surface area contributed by atoms with Gasteiger partial charge in [-0.25, -0.2) is 4.79 Å². The molecule has 1 aromatic rings. The van der Waals surface area contributed by atoms with Crippen LogP contribution in [0.2, 0.25) is 0 Å². The number of carbonyl (C=O) groups is 2. The molecule has 4 nitrogen and oxygen atoms in total. The van der Waals surface area contributed by atoms with Gasteiger partial charge in [0.15, 0.2) is 5.78 Å². The lowest BCUT2D eigenvalue weighted by molar-refractivity contribution is 0.00253. The summed E-state index contributed by atoms with van der Waals surface area (Å²) < 4.78 is 5.59. The third kappa shape index (κ3) is 3.79. The maximum atomic E-state index is 13.2. The lowest BCUT2D eigenvalue weighted by atomic mass is 9.82. The van der Waals surface area contributed by atoms with E-state index < -0.39 is 5.60 Å². The fourth-order valence-corrected chi connectivity index (χ4v) is 4.45. The Kier molecular flexibility index (Phi) is 5.14. The highest BCUT2D eigenvalue weighted by Gasteiger charge is 2.46. The van der Waals surface area contributed by atoms with Crippen LogP contribution in [0.1, 0.15) is 82.1 Å². The molecule has 2 fully saturated rings. The van der Waals surface area contributed by atoms with Crippen LogP contribution < -0.4 is 0 Å². The highest BCUT2D eigenvalue weighted by Crippen LogP contribution is 2.41. The second kappa shape index (κ2) is 7.05. The molecule has 0 aliphatic carbocycles. The molecule has 3 rings (SSSR count). The van der Waals surface area contributed by atoms with Gasteiger partial charge < -0.3 is 9.64 Å². The Morgan fingerprint density at radius 3 is 2.19 bits per heavy atom. The molecule has 1 amide bonds. The molecule has 0 radical (unpaired) electrons. The molecule has 4 heteroatoms. The van der Waals surface area contributed by atoms with Crippen LogP contribution in [0.5, 0.6) is 0 Å². The Morgan fingerprint density at radius 2 is 1.65 bits per heavy atom. The van der Waals surface area contributed by atoms with Crippen LogP contribution in [-0.2, 0) is 4.74 Å². The number of ether oxygens (including phenoxy) is 1. The van der Waals surface area contributed by atoms with Gasteiger partial charge >= 0.3 is 6.09 Å². The van der Waals surface area contributed by atoms with Crippen molar-refractivity contribution in [3.63, 3.8) is 0 Å². The van der Waals surface area contributed by atoms with Gasteiger partial charge in [0.05, 0.1) is 0 Å². The molecule has 142 valence electrons. The minimum absolute atomic E-state index is 0.00564. The van der Waals surface area contributed by atoms with Crippen LogP contribution >= 0.6 is 0 Å². The Morgan fingerprint density at radius 1 is 1.08 bits per heavy atom. The zero-order valence-electron chi connectivity index (χ0n) is 16.6. The SMILES string of the molecule is CC(C)c1ccccc1C(=O)C1CC2CCC(C1)N2C(=O)OC(C)(C)C. The fraction of sp³-hybridized carbons (Fsp3) is 0.636. The lowest BCUT2D eigenvalue weighted by Gasteiger charge is -2.39. The van der Waals surface area contributed by atoms with E-state index in [9.17, 15) is 9.59 Å². The monoisotopic (exact) mass is 357 g/mol. The summed E-state index contributed by atoms with van der Waals surface area (Å²) in [5, 5.41) is 0. The Bertz CT molecular complexity index is 675. The summed E-state index contributed by atoms with van der Waals surface area (Å²) in [5.41, 5.74) is 1.50. The number of nitrogens with zero attached hydrogens (tertiary/aromatic N) is 1. The van der Waals surface area contributed by atoms with Crippen LogP contribution in [0.15, 0.2) is 24.3 Å². The van der Waals surface area contributed by atoms with Crippen molar-refractivity contribution in [3.05, 3.63) is 35.4 Å². The van der Waals surface area contributed by atoms with Gasteiger partial charge in [0.2, 0.25) is 0 Å². The molecule has 26 heavy (non-hydrogen) atoms. The predicted octanol–water partition coefficient (Wildman–Crippen LogP) is 5.17. The van der Waals surface area contributed by atoms with E-state index in [-0.39, 0.29) is 29.9 Å². The quantitative estimate of drug-likeness (QED) is 0.701. The van der Waals surface area contributed by atoms with Crippen molar-refractivity contribution < 1.29 is 14.3 Å². The van der Waals surface area contributed by atoms with Crippen molar-refractivity contribution in [2.24, 2.45) is 5.92 Å². The summed E-state index contributed by atoms with van der Waals surface area (Å²) >= 11 is 0. The number of hydrogen-bond acceptors (Lipinski definition) is 3. The number of piperidine rings is 1. The first-order valence-electron chi connectivity index (χ1n) is 9.82. The summed E-state index contributed by atoms with van der Waals surface area (Å²) in [6, 6.07) is 8.22. The molecule has 2 unspecified atom stereocenters. The van der Waals surface area contributed by atoms with Crippen LogP contribution in [0.25, 0.3) is 0 Å². The summed E-state index contributed by atoms with van der Waals surface area (Å²) in [6.45, 7) is 9.94. The second-order valence-electron chi connectivity index (χ2n) is 9.05. The average Bonchev–Trinajstić information content (AvgIpc) is 2.83. The van der Waals surface area contributed by atoms with Crippen molar-refractivity contribution in [1.29, 1.82) is 0 Å². The van der Waals surface area contributed by atoms with Gasteiger partial charge in [0.1, 0.15) is 5.60 Å². The van der Waals surface area contributed by atoms with E-state index in [2.05, 4.69) is 19.9 Å². The third-order valence-electron chi connectivity index (χ3n) is 5.56. The topological polar surface area (TPSA) is 46.6 Å². The zero-order valence-corrected chi connectivity index (χ0v) is 16.6. The van der Waals surface area contributed by atoms with Gasteiger partial charge in [-0.1, -0.05) is 38.1 Å². The summed E-state index contributed by atoms with van der Waals surface area (Å²) in [6.07, 6.45) is 3.22. The van der Waals surface area contributed by atoms with Crippen molar-refractivity contribution in [2.45, 2.75) is 83.9 Å². The molecule has 0 saturated carbocycles. The fourth-order valence-electron chi connectivity index (χ4n) is 4.45. The Labute approximate surface area is 156 Å². The number of benzene rings is 1. The summed E-state index contributed by atoms with van der Waals surface area (Å²) in [5.74, 6) is 0.579. The molecular formula is C22H31NO3. The van der Waals surface area contributed by atoms with Gasteiger partial charge in [0, 0.05) is 23.6 Å². The van der Waals surface area contributed by atoms with Gasteiger partial charge in [-0.15, -0.1) is 0 Å². The maximum Gasteiger partial charge on any atom is 0.410 e. The highest BCUT2D eigenvalue weighted by atomic mass is 16.6. The van der Waals surface area contributed by atoms with Gasteiger partial charge in [-0.3, -0.25) is 4.79 Å². The first-order chi connectivity index (χ1) is 12.2. The first kappa shape index (κ1) is 18.9. The van der Waals surface area contributed by atoms with E-state index >= 15 is 0 Å². The van der Waals surface area contributed by atoms with Gasteiger partial charge in [-0.2, -0.15) is 0 Å². The number of carbonyl (C=O) groups excluding carboxylic acids is 2. The van der Waals surface area contributed by atoms with Crippen LogP contribution in [0.3, 0.4) is 0 Å². The predicted molar refractivity (Wildman–Crippen MR) is 102 cm³/mol. The first-order valence-corrected chi connectivity index (χ1v) is 9.82. The van der Waals surface area contributed by atoms with Crippen molar-refractivity contribution >= 4 is 11.9 Å². The Hall–Kier alpha value is -1.84. The van der Waals surface area contributed by atoms with Gasteiger partial charge in [-0.05, 0) is 57.9 Å². The van der Waals surface area contributed by atoms with Gasteiger partial charge in [0.25, 0.3) is 0 Å². The zero-order chi connectivity index (χ0) is 19.1. The van der Waals surface area contributed by atoms with Crippen molar-refractivity contribution in [2.75, 3.05) is 0 Å². The largest absolute Gasteiger partial charge is 0.444 e. The minimum atomic E-state index is -0.487. The number of amides is 1. The van der Waals surface area contributed by atoms with Crippen LogP contribution in [0.4, 0.5) is 4.79 Å². The molecule has 2 aliphatic heterocycles. The van der Waals surface area contributed by atoms with Crippen molar-refractivity contribution in [1.82, 2.24) is 4.90 Å². The standard InChI is InChI=1S/C22H31NO3/c1-14(2)18-8-6-7-9-19(18)20(24)15-12-16-10-11-17(13-15)23(16)21(25)26-22(3,4)5/h6-9,14-17H,10-13H2,1-5H3. The van der Waals surface area contributed by atoms with Crippen molar-refractivity contribution in [3.8, 4) is 0 Å². The molecular weight excluding hydrogens is 326 g/mol. The number of fused-ring (bicyclic) bond motifs is 2. The molecule has 2 atom stereocenters. The molecule has 2 saturated heterocycles. The van der Waals surface area contributed by atoms with Crippen LogP contribution in [0, 0.1) is 5.92 Å². The smallest absolute Gasteiger partial charge is 0.410 e. The van der Waals surface area contributed by atoms with E-state index in [1.807, 2.05) is 43.9 Å². The molecule has 0 aromatic heterocycles. The molecule has 2 aliphatic rings. The van der Waals surface area contributed by atoms with E-state index in [0.29, 0.717) is 5.92 Å². The molecule has 0 spiro atoms. The normalized spacial score (nSPS) is 25.5. The lowest BCUT2D eigenvalue weighted by Crippen LogP contribution is -2.49. The van der Waals surface area contributed by atoms with E-state index in [4.69, 9.17) is 4.74 Å². The van der Waals surface area contributed by atoms with Crippen LogP contribution in [-0.4, -0.2) is 34.5 Å². The number of rotatable bonds is 3. The second-order valence-corrected chi connectivity index (χ2v) is 9.05. The van der Waals surface area contributed by atoms with E-state index in [1.165, 1.54) is 0 Å². The number of ketones is 1. The number of Topliss-reactive ketones (excluding diaryl/α,β-unsaturated/α-hetero) is 1. The number of hydrogen-bond donors (Lipinski definition) is 0. The minimum Gasteiger partial charge on any atom is -0.444 e. The Balaban J connectivity index is 1.75. The third-order valence-corrected chi connectivity index (χ3v) is 5.56. The van der Waals surface area contributed by atoms with E-state index in [0.717, 1.165) is 36.8 Å². The molecule has 1 aromatic carbocycles. The summed E-state index contributed by atoms with van der Waals surface area (Å²) in [7, 11) is 0. The summed E-state index contributed by atoms with van der Waals surface area (Å²) in [4.78, 5) is 27.7. The highest BCUT2D eigenvalue weighted by molar-refractivity contribution is 5.99. The molecule has 0 N–H and O–H groups in total. The maximum absolute atomic E-state index is 13.2. The van der Waals surface area contributed by atoms with E-state index in [1.54, 1.807) is 0 Å².